The molecule has 3 heterocycles. The minimum Gasteiger partial charge on any atom is -0.281 e. The van der Waals surface area contributed by atoms with Crippen molar-refractivity contribution in [3.63, 3.8) is 0 Å². The van der Waals surface area contributed by atoms with Crippen molar-refractivity contribution in [1.29, 1.82) is 0 Å². The lowest BCUT2D eigenvalue weighted by atomic mass is 9.95. The lowest BCUT2D eigenvalue weighted by molar-refractivity contribution is 0.661. The summed E-state index contributed by atoms with van der Waals surface area (Å²) in [5.41, 5.74) is 6.01. The molecule has 210 valence electrons. The average Bonchev–Trinajstić information content (AvgIpc) is 3.62. The van der Waals surface area contributed by atoms with E-state index in [-0.39, 0.29) is 0 Å². The van der Waals surface area contributed by atoms with Crippen molar-refractivity contribution in [2.24, 2.45) is 0 Å². The van der Waals surface area contributed by atoms with Crippen LogP contribution in [-0.4, -0.2) is 19.5 Å². The van der Waals surface area contributed by atoms with Crippen LogP contribution in [0, 0.1) is 0 Å². The summed E-state index contributed by atoms with van der Waals surface area (Å²) in [6, 6.07) is 45.4. The molecule has 0 N–H and O–H groups in total. The topological polar surface area (TPSA) is 43.6 Å². The van der Waals surface area contributed by atoms with Gasteiger partial charge in [-0.25, -0.2) is 4.98 Å². The first-order valence-corrected chi connectivity index (χ1v) is 16.7. The molecule has 44 heavy (non-hydrogen) atoms. The van der Waals surface area contributed by atoms with Gasteiger partial charge in [0.15, 0.2) is 11.6 Å². The van der Waals surface area contributed by atoms with Crippen LogP contribution in [0.5, 0.6) is 0 Å². The van der Waals surface area contributed by atoms with E-state index in [2.05, 4.69) is 95.6 Å². The number of hydrogen-bond acceptors (Lipinski definition) is 3. The van der Waals surface area contributed by atoms with E-state index in [0.29, 0.717) is 17.6 Å². The van der Waals surface area contributed by atoms with Gasteiger partial charge in [0.1, 0.15) is 0 Å². The Balaban J connectivity index is 1.43. The van der Waals surface area contributed by atoms with Gasteiger partial charge in [0.05, 0.1) is 5.52 Å². The molecule has 5 aromatic carbocycles. The molecule has 0 bridgehead atoms. The normalized spacial score (nSPS) is 13.5. The summed E-state index contributed by atoms with van der Waals surface area (Å²) in [5, 5.41) is 8.23. The third-order valence-electron chi connectivity index (χ3n) is 8.97. The summed E-state index contributed by atoms with van der Waals surface area (Å²) in [4.78, 5) is 15.5. The van der Waals surface area contributed by atoms with Crippen molar-refractivity contribution >= 4 is 39.4 Å². The Labute approximate surface area is 256 Å². The zero-order chi connectivity index (χ0) is 29.0. The second-order valence-electron chi connectivity index (χ2n) is 11.5. The van der Waals surface area contributed by atoms with Crippen molar-refractivity contribution in [2.75, 3.05) is 0 Å². The van der Waals surface area contributed by atoms with Crippen LogP contribution in [0.3, 0.4) is 0 Å². The largest absolute Gasteiger partial charge is 0.281 e. The number of fused-ring (bicyclic) bond motifs is 7. The third-order valence-corrected chi connectivity index (χ3v) is 11.5. The van der Waals surface area contributed by atoms with E-state index in [0.717, 1.165) is 24.0 Å². The molecule has 0 saturated carbocycles. The Morgan fingerprint density at radius 1 is 0.523 bits per heavy atom. The number of rotatable bonds is 4. The molecule has 9 rings (SSSR count). The van der Waals surface area contributed by atoms with Crippen LogP contribution in [-0.2, 0) is 12.8 Å². The second kappa shape index (κ2) is 10.3. The fourth-order valence-corrected chi connectivity index (χ4v) is 9.67. The van der Waals surface area contributed by atoms with E-state index < -0.39 is 7.53 Å². The molecular weight excluding hydrogens is 555 g/mol. The van der Waals surface area contributed by atoms with Gasteiger partial charge in [-0.15, -0.1) is 0 Å². The standard InChI is InChI=1S/C39H29N4P/c1-4-14-26(15-5-1)37-40-38(27-16-6-2-7-17-27)42-39(41-37)43-32-22-12-10-20-29(32)30-24-25-34-35(36(30)43)31-21-11-13-23-33(31)44(34)28-18-8-3-9-19-28/h1-9,11,13-19,21,23-25H,10,12,20,22H2. The van der Waals surface area contributed by atoms with Crippen molar-refractivity contribution in [3.8, 4) is 34.0 Å². The highest BCUT2D eigenvalue weighted by atomic mass is 31.1. The molecule has 0 spiro atoms. The zero-order valence-corrected chi connectivity index (χ0v) is 25.1. The first-order valence-electron chi connectivity index (χ1n) is 15.4. The van der Waals surface area contributed by atoms with Gasteiger partial charge in [-0.05, 0) is 48.0 Å². The zero-order valence-electron chi connectivity index (χ0n) is 24.2. The maximum absolute atomic E-state index is 5.23. The smallest absolute Gasteiger partial charge is 0.238 e. The van der Waals surface area contributed by atoms with Gasteiger partial charge in [-0.2, -0.15) is 9.97 Å². The van der Waals surface area contributed by atoms with E-state index >= 15 is 0 Å². The molecule has 4 nitrogen and oxygen atoms in total. The molecule has 1 unspecified atom stereocenters. The summed E-state index contributed by atoms with van der Waals surface area (Å²) in [6.45, 7) is 0. The summed E-state index contributed by atoms with van der Waals surface area (Å²) < 4.78 is 2.41. The van der Waals surface area contributed by atoms with Crippen molar-refractivity contribution in [2.45, 2.75) is 25.7 Å². The molecule has 0 amide bonds. The highest BCUT2D eigenvalue weighted by Crippen LogP contribution is 2.57. The highest BCUT2D eigenvalue weighted by molar-refractivity contribution is 7.68. The van der Waals surface area contributed by atoms with Crippen molar-refractivity contribution in [3.05, 3.63) is 139 Å². The summed E-state index contributed by atoms with van der Waals surface area (Å²) in [6.07, 6.45) is 4.47. The van der Waals surface area contributed by atoms with E-state index in [1.165, 1.54) is 61.3 Å². The summed E-state index contributed by atoms with van der Waals surface area (Å²) >= 11 is 0. The first-order chi connectivity index (χ1) is 21.8. The average molecular weight is 585 g/mol. The molecule has 5 heteroatoms. The number of hydrogen-bond donors (Lipinski definition) is 0. The minimum absolute atomic E-state index is 0.671. The molecule has 1 aliphatic rings. The molecule has 8 aromatic rings. The molecule has 0 aliphatic heterocycles. The van der Waals surface area contributed by atoms with Crippen LogP contribution in [0.1, 0.15) is 24.1 Å². The lowest BCUT2D eigenvalue weighted by Gasteiger charge is -2.16. The molecular formula is C39H29N4P. The number of benzene rings is 5. The predicted octanol–water partition coefficient (Wildman–Crippen LogP) is 10.3. The maximum Gasteiger partial charge on any atom is 0.238 e. The lowest BCUT2D eigenvalue weighted by Crippen LogP contribution is -2.11. The number of aryl methyl sites for hydroxylation is 1. The Hall–Kier alpha value is -5.05. The summed E-state index contributed by atoms with van der Waals surface area (Å²) in [5.74, 6) is 2.09. The highest BCUT2D eigenvalue weighted by Gasteiger charge is 2.27. The Morgan fingerprint density at radius 2 is 1.14 bits per heavy atom. The fourth-order valence-electron chi connectivity index (χ4n) is 7.05. The van der Waals surface area contributed by atoms with Crippen molar-refractivity contribution in [1.82, 2.24) is 19.5 Å². The van der Waals surface area contributed by atoms with E-state index in [4.69, 9.17) is 15.0 Å². The second-order valence-corrected chi connectivity index (χ2v) is 13.7. The van der Waals surface area contributed by atoms with Crippen LogP contribution < -0.4 is 0 Å². The molecule has 0 saturated heterocycles. The quantitative estimate of drug-likeness (QED) is 0.207. The Morgan fingerprint density at radius 3 is 1.84 bits per heavy atom. The van der Waals surface area contributed by atoms with Gasteiger partial charge in [0.25, 0.3) is 0 Å². The van der Waals surface area contributed by atoms with Gasteiger partial charge < -0.3 is 0 Å². The van der Waals surface area contributed by atoms with Gasteiger partial charge in [0.2, 0.25) is 5.95 Å². The van der Waals surface area contributed by atoms with Crippen LogP contribution in [0.4, 0.5) is 0 Å². The van der Waals surface area contributed by atoms with E-state index in [9.17, 15) is 0 Å². The van der Waals surface area contributed by atoms with Gasteiger partial charge in [0, 0.05) is 37.8 Å². The van der Waals surface area contributed by atoms with Crippen LogP contribution in [0.25, 0.3) is 65.9 Å². The van der Waals surface area contributed by atoms with Gasteiger partial charge >= 0.3 is 0 Å². The number of aromatic nitrogens is 4. The van der Waals surface area contributed by atoms with Gasteiger partial charge in [-0.3, -0.25) is 4.57 Å². The van der Waals surface area contributed by atoms with Crippen LogP contribution in [0.15, 0.2) is 127 Å². The van der Waals surface area contributed by atoms with Crippen LogP contribution >= 0.6 is 7.53 Å². The molecule has 3 aromatic heterocycles. The predicted molar refractivity (Wildman–Crippen MR) is 183 cm³/mol. The minimum atomic E-state index is -0.671. The number of nitrogens with zero attached hydrogens (tertiary/aromatic N) is 4. The summed E-state index contributed by atoms with van der Waals surface area (Å²) in [7, 11) is -0.671. The van der Waals surface area contributed by atoms with Crippen LogP contribution in [0.2, 0.25) is 0 Å². The molecule has 0 radical (unpaired) electrons. The SMILES string of the molecule is c1ccc(-c2nc(-c3ccccc3)nc(-n3c4c(c5ccc6c(c7ccccc7p6-c6ccccc6)c53)CCCC4)n2)cc1. The maximum atomic E-state index is 5.23. The monoisotopic (exact) mass is 584 g/mol. The third kappa shape index (κ3) is 3.95. The Bertz CT molecular complexity index is 2260. The molecule has 1 aliphatic carbocycles. The first kappa shape index (κ1) is 25.4. The molecule has 0 fully saturated rings. The fraction of sp³-hybridized carbons (Fsp3) is 0.103. The van der Waals surface area contributed by atoms with Crippen molar-refractivity contribution < 1.29 is 0 Å². The molecule has 1 atom stereocenters. The van der Waals surface area contributed by atoms with E-state index in [1.54, 1.807) is 0 Å². The Kier molecular flexibility index (Phi) is 5.95. The van der Waals surface area contributed by atoms with E-state index in [1.807, 2.05) is 36.4 Å². The van der Waals surface area contributed by atoms with Gasteiger partial charge in [-0.1, -0.05) is 129 Å².